The molecular weight excluding hydrogens is 326 g/mol. The van der Waals surface area contributed by atoms with Crippen molar-refractivity contribution in [3.63, 3.8) is 0 Å². The fourth-order valence-electron chi connectivity index (χ4n) is 3.41. The normalized spacial score (nSPS) is 16.9. The molecule has 0 N–H and O–H groups in total. The Morgan fingerprint density at radius 2 is 1.92 bits per heavy atom. The molecule has 1 atom stereocenters. The predicted octanol–water partition coefficient (Wildman–Crippen LogP) is 1.98. The van der Waals surface area contributed by atoms with E-state index in [1.54, 1.807) is 11.1 Å². The zero-order valence-electron chi connectivity index (χ0n) is 16.2. The molecule has 1 aromatic carbocycles. The van der Waals surface area contributed by atoms with E-state index in [0.717, 1.165) is 13.0 Å². The van der Waals surface area contributed by atoms with E-state index < -0.39 is 0 Å². The lowest BCUT2D eigenvalue weighted by molar-refractivity contribution is 0.0732. The van der Waals surface area contributed by atoms with Crippen LogP contribution in [0.15, 0.2) is 30.5 Å². The van der Waals surface area contributed by atoms with Gasteiger partial charge in [0.05, 0.1) is 11.3 Å². The Labute approximate surface area is 155 Å². The molecule has 6 nitrogen and oxygen atoms in total. The topological polar surface area (TPSA) is 52.6 Å². The van der Waals surface area contributed by atoms with E-state index in [-0.39, 0.29) is 5.91 Å². The lowest BCUT2D eigenvalue weighted by Gasteiger charge is -2.36. The molecule has 0 radical (unpaired) electrons. The standard InChI is InChI=1S/C20H27N5O/c1-14-18(11-21-20(22-14)23(2)3)19(26)25(5)13-17-10-15-8-6-7-9-16(15)12-24(17)4/h6-9,11,17H,10,12-13H2,1-5H3. The van der Waals surface area contributed by atoms with E-state index in [9.17, 15) is 4.79 Å². The summed E-state index contributed by atoms with van der Waals surface area (Å²) in [6, 6.07) is 8.85. The highest BCUT2D eigenvalue weighted by atomic mass is 16.2. The second kappa shape index (κ2) is 7.41. The molecule has 0 saturated heterocycles. The van der Waals surface area contributed by atoms with Crippen LogP contribution in [0.1, 0.15) is 27.2 Å². The van der Waals surface area contributed by atoms with Crippen molar-refractivity contribution in [1.29, 1.82) is 0 Å². The lowest BCUT2D eigenvalue weighted by atomic mass is 9.94. The molecule has 6 heteroatoms. The van der Waals surface area contributed by atoms with Crippen LogP contribution in [0.4, 0.5) is 5.95 Å². The van der Waals surface area contributed by atoms with Crippen molar-refractivity contribution in [2.45, 2.75) is 25.9 Å². The summed E-state index contributed by atoms with van der Waals surface area (Å²) in [6.45, 7) is 3.46. The second-order valence-corrected chi connectivity index (χ2v) is 7.29. The number of benzene rings is 1. The predicted molar refractivity (Wildman–Crippen MR) is 103 cm³/mol. The molecule has 0 aliphatic carbocycles. The van der Waals surface area contributed by atoms with Crippen molar-refractivity contribution in [1.82, 2.24) is 19.8 Å². The molecule has 0 spiro atoms. The van der Waals surface area contributed by atoms with Gasteiger partial charge in [-0.25, -0.2) is 9.97 Å². The van der Waals surface area contributed by atoms with Crippen molar-refractivity contribution >= 4 is 11.9 Å². The average molecular weight is 353 g/mol. The quantitative estimate of drug-likeness (QED) is 0.841. The molecule has 0 saturated carbocycles. The summed E-state index contributed by atoms with van der Waals surface area (Å²) in [5, 5.41) is 0. The number of aromatic nitrogens is 2. The second-order valence-electron chi connectivity index (χ2n) is 7.29. The Morgan fingerprint density at radius 1 is 1.23 bits per heavy atom. The number of amides is 1. The maximum Gasteiger partial charge on any atom is 0.257 e. The number of carbonyl (C=O) groups excluding carboxylic acids is 1. The van der Waals surface area contributed by atoms with Gasteiger partial charge in [0.1, 0.15) is 0 Å². The average Bonchev–Trinajstić information content (AvgIpc) is 2.61. The Bertz CT molecular complexity index is 805. The number of carbonyl (C=O) groups is 1. The van der Waals surface area contributed by atoms with Crippen molar-refractivity contribution in [3.05, 3.63) is 52.8 Å². The summed E-state index contributed by atoms with van der Waals surface area (Å²) < 4.78 is 0. The highest BCUT2D eigenvalue weighted by Crippen LogP contribution is 2.22. The maximum atomic E-state index is 12.9. The first-order valence-corrected chi connectivity index (χ1v) is 8.90. The number of fused-ring (bicyclic) bond motifs is 1. The first-order chi connectivity index (χ1) is 12.4. The van der Waals surface area contributed by atoms with Gasteiger partial charge in [-0.15, -0.1) is 0 Å². The van der Waals surface area contributed by atoms with Crippen LogP contribution in [0.3, 0.4) is 0 Å². The van der Waals surface area contributed by atoms with Crippen molar-refractivity contribution < 1.29 is 4.79 Å². The van der Waals surface area contributed by atoms with Gasteiger partial charge in [0.2, 0.25) is 5.95 Å². The number of rotatable bonds is 4. The van der Waals surface area contributed by atoms with Crippen LogP contribution in [0.5, 0.6) is 0 Å². The van der Waals surface area contributed by atoms with Crippen LogP contribution in [-0.2, 0) is 13.0 Å². The number of hydrogen-bond donors (Lipinski definition) is 0. The molecule has 2 aromatic rings. The third kappa shape index (κ3) is 3.70. The molecule has 26 heavy (non-hydrogen) atoms. The molecular formula is C20H27N5O. The van der Waals surface area contributed by atoms with Gasteiger partial charge < -0.3 is 9.80 Å². The molecule has 1 aromatic heterocycles. The Balaban J connectivity index is 1.72. The van der Waals surface area contributed by atoms with Gasteiger partial charge in [-0.2, -0.15) is 0 Å². The number of anilines is 1. The van der Waals surface area contributed by atoms with Crippen LogP contribution in [0.2, 0.25) is 0 Å². The zero-order chi connectivity index (χ0) is 18.8. The van der Waals surface area contributed by atoms with E-state index in [4.69, 9.17) is 0 Å². The van der Waals surface area contributed by atoms with Crippen LogP contribution in [-0.4, -0.2) is 66.5 Å². The van der Waals surface area contributed by atoms with E-state index in [1.807, 2.05) is 33.0 Å². The van der Waals surface area contributed by atoms with Gasteiger partial charge in [-0.1, -0.05) is 24.3 Å². The van der Waals surface area contributed by atoms with Gasteiger partial charge in [-0.05, 0) is 31.5 Å². The smallest absolute Gasteiger partial charge is 0.257 e. The molecule has 2 heterocycles. The van der Waals surface area contributed by atoms with Crippen LogP contribution in [0.25, 0.3) is 0 Å². The van der Waals surface area contributed by atoms with Crippen molar-refractivity contribution in [2.24, 2.45) is 0 Å². The van der Waals surface area contributed by atoms with Gasteiger partial charge >= 0.3 is 0 Å². The zero-order valence-corrected chi connectivity index (χ0v) is 16.2. The van der Waals surface area contributed by atoms with Crippen LogP contribution >= 0.6 is 0 Å². The van der Waals surface area contributed by atoms with Crippen LogP contribution < -0.4 is 4.90 Å². The maximum absolute atomic E-state index is 12.9. The Morgan fingerprint density at radius 3 is 2.58 bits per heavy atom. The van der Waals surface area contributed by atoms with E-state index >= 15 is 0 Å². The summed E-state index contributed by atoms with van der Waals surface area (Å²) in [4.78, 5) is 27.5. The van der Waals surface area contributed by atoms with Gasteiger partial charge in [0, 0.05) is 46.5 Å². The molecule has 1 unspecified atom stereocenters. The summed E-state index contributed by atoms with van der Waals surface area (Å²) in [5.41, 5.74) is 4.04. The molecule has 1 aliphatic rings. The SMILES string of the molecule is Cc1nc(N(C)C)ncc1C(=O)N(C)CC1Cc2ccccc2CN1C. The highest BCUT2D eigenvalue weighted by Gasteiger charge is 2.26. The number of aryl methyl sites for hydroxylation is 1. The summed E-state index contributed by atoms with van der Waals surface area (Å²) >= 11 is 0. The Kier molecular flexibility index (Phi) is 5.23. The number of hydrogen-bond acceptors (Lipinski definition) is 5. The summed E-state index contributed by atoms with van der Waals surface area (Å²) in [6.07, 6.45) is 2.59. The molecule has 0 bridgehead atoms. The first kappa shape index (κ1) is 18.3. The largest absolute Gasteiger partial charge is 0.347 e. The van der Waals surface area contributed by atoms with Crippen molar-refractivity contribution in [3.8, 4) is 0 Å². The third-order valence-corrected chi connectivity index (χ3v) is 5.05. The molecule has 0 fully saturated rings. The first-order valence-electron chi connectivity index (χ1n) is 8.90. The molecule has 3 rings (SSSR count). The molecule has 138 valence electrons. The highest BCUT2D eigenvalue weighted by molar-refractivity contribution is 5.94. The minimum Gasteiger partial charge on any atom is -0.347 e. The third-order valence-electron chi connectivity index (χ3n) is 5.05. The Hall–Kier alpha value is -2.47. The minimum absolute atomic E-state index is 0.0277. The number of likely N-dealkylation sites (N-methyl/N-ethyl adjacent to an activating group) is 2. The van der Waals surface area contributed by atoms with Gasteiger partial charge in [0.15, 0.2) is 0 Å². The lowest BCUT2D eigenvalue weighted by Crippen LogP contribution is -2.46. The van der Waals surface area contributed by atoms with Crippen LogP contribution in [0, 0.1) is 6.92 Å². The fraction of sp³-hybridized carbons (Fsp3) is 0.450. The fourth-order valence-corrected chi connectivity index (χ4v) is 3.41. The summed E-state index contributed by atoms with van der Waals surface area (Å²) in [5.74, 6) is 0.588. The van der Waals surface area contributed by atoms with E-state index in [1.165, 1.54) is 11.1 Å². The minimum atomic E-state index is -0.0277. The van der Waals surface area contributed by atoms with Crippen molar-refractivity contribution in [2.75, 3.05) is 39.6 Å². The van der Waals surface area contributed by atoms with E-state index in [0.29, 0.717) is 29.8 Å². The van der Waals surface area contributed by atoms with Gasteiger partial charge in [0.25, 0.3) is 5.91 Å². The number of nitrogens with zero attached hydrogens (tertiary/aromatic N) is 5. The van der Waals surface area contributed by atoms with E-state index in [2.05, 4.69) is 46.2 Å². The molecule has 1 aliphatic heterocycles. The molecule has 1 amide bonds. The van der Waals surface area contributed by atoms with Gasteiger partial charge in [-0.3, -0.25) is 9.69 Å². The monoisotopic (exact) mass is 353 g/mol. The summed E-state index contributed by atoms with van der Waals surface area (Å²) in [7, 11) is 7.76.